The minimum atomic E-state index is -6.42. The molecule has 0 fully saturated rings. The Kier molecular flexibility index (Phi) is 10.4. The Morgan fingerprint density at radius 2 is 0.990 bits per heavy atom. The van der Waals surface area contributed by atoms with Gasteiger partial charge in [0.2, 0.25) is 0 Å². The van der Waals surface area contributed by atoms with Gasteiger partial charge in [0.15, 0.2) is 8.07 Å². The second-order valence-electron chi connectivity index (χ2n) is 26.3. The third-order valence-corrected chi connectivity index (χ3v) is 23.5. The molecule has 6 nitrogen and oxygen atoms in total. The van der Waals surface area contributed by atoms with Crippen molar-refractivity contribution in [3.63, 3.8) is 0 Å². The standard InChI is InChI=1S/C96H69N5OSi.Pt/c1-63-28-25-29-64(2)93(63)67-56-85-79-43-18-16-41-77(79)76-40-15-17-42-78(76)84-55-66(65-30-26-39-75(54-65)103(72-33-9-6-10-34-72,73-35-11-7-12-36-73)74-37-13-8-14-38-74)57-90-94(84)99(95(85)91(58-67)100-86-47-22-19-44-80(86)81-45-20-23-48-87(81)100)62-98(90)69-31-27-32-70(60-69)102-71-50-51-83-82-46-21-24-49-88(82)101(89(83)61-71)92-59-68(52-53-97-92)96(3,4)5;/h6-59H,1-5H3;/q-2;/i1D3,2D3,6D,7D,8D,9D,10D,11D,12D,13D,14D,26D,30D,33D,34D,35D,36D,37D,38D,39D,54D;. The van der Waals surface area contributed by atoms with E-state index in [-0.39, 0.29) is 88.1 Å². The summed E-state index contributed by atoms with van der Waals surface area (Å²) >= 11 is 0. The first kappa shape index (κ1) is 42.4. The number of fused-ring (bicyclic) bond motifs is 13. The normalized spacial score (nSPS) is 15.7. The van der Waals surface area contributed by atoms with Gasteiger partial charge in [-0.3, -0.25) is 4.57 Å². The summed E-state index contributed by atoms with van der Waals surface area (Å²) < 4.78 is 255. The Balaban J connectivity index is 0.0000112. The molecule has 0 spiro atoms. The van der Waals surface area contributed by atoms with E-state index >= 15 is 0 Å². The van der Waals surface area contributed by atoms with Crippen LogP contribution in [0.2, 0.25) is 0 Å². The van der Waals surface area contributed by atoms with E-state index < -0.39 is 163 Å². The van der Waals surface area contributed by atoms with Gasteiger partial charge in [0.1, 0.15) is 5.82 Å². The Morgan fingerprint density at radius 1 is 0.452 bits per heavy atom. The van der Waals surface area contributed by atoms with Gasteiger partial charge in [-0.25, -0.2) is 4.98 Å². The molecule has 0 bridgehead atoms. The van der Waals surface area contributed by atoms with Crippen LogP contribution in [0.25, 0.3) is 133 Å². The Morgan fingerprint density at radius 3 is 1.61 bits per heavy atom. The number of pyridine rings is 1. The summed E-state index contributed by atoms with van der Waals surface area (Å²) in [5.41, 5.74) is 6.48. The van der Waals surface area contributed by atoms with Crippen LogP contribution >= 0.6 is 0 Å². The number of hydrogen-bond acceptors (Lipinski definition) is 2. The van der Waals surface area contributed by atoms with Crippen molar-refractivity contribution in [2.45, 2.75) is 39.9 Å². The van der Waals surface area contributed by atoms with Crippen LogP contribution in [0.15, 0.2) is 327 Å². The molecule has 0 aliphatic carbocycles. The van der Waals surface area contributed by atoms with Gasteiger partial charge in [0, 0.05) is 63.3 Å². The number of benzene rings is 14. The third kappa shape index (κ3) is 10.4. The SMILES string of the molecule is [2H]c1c([2H])c([2H])c([Si](c2c([2H])c([2H])c([2H])c([2H])c2[2H])(c2c([2H])c([2H])c([2H])c([2H])c2[2H])c2c([2H])c([2H])c([2H])c(-c3cc4c5c(c3)n(-c3[c-]c(Oc6[c-]c7c(cc6)c6ccccc6n7-c6cc(C(C)(C)C)ccn6)ccc3)[c-][n+]5-c3c(cc(-c5c(C([2H])([2H])[2H])cccc5C([2H])([2H])[2H])cc3-n3c5ccccc5c5ccccc53)-c3ccccc3-c3ccccc3-4)c2[2H])c([2H])c1[2H].[Pt]. The average Bonchev–Trinajstić information content (AvgIpc) is 1.08. The molecule has 0 saturated carbocycles. The van der Waals surface area contributed by atoms with Crippen LogP contribution in [-0.2, 0) is 26.5 Å². The predicted molar refractivity (Wildman–Crippen MR) is 427 cm³/mol. The molecule has 500 valence electrons. The van der Waals surface area contributed by atoms with E-state index in [1.165, 1.54) is 18.2 Å². The van der Waals surface area contributed by atoms with Gasteiger partial charge < -0.3 is 18.4 Å². The van der Waals surface area contributed by atoms with Gasteiger partial charge in [-0.1, -0.05) is 268 Å². The van der Waals surface area contributed by atoms with Crippen LogP contribution < -0.4 is 30.1 Å². The van der Waals surface area contributed by atoms with E-state index in [1.54, 1.807) is 69.9 Å². The zero-order valence-electron chi connectivity index (χ0n) is 80.7. The van der Waals surface area contributed by atoms with E-state index in [1.807, 2.05) is 143 Å². The number of nitrogens with zero attached hydrogens (tertiary/aromatic N) is 5. The van der Waals surface area contributed by atoms with Crippen molar-refractivity contribution in [2.75, 3.05) is 0 Å². The van der Waals surface area contributed by atoms with Crippen molar-refractivity contribution < 1.29 is 64.6 Å². The summed E-state index contributed by atoms with van der Waals surface area (Å²) in [6.45, 7) is 0.569. The molecule has 1 aliphatic rings. The van der Waals surface area contributed by atoms with Gasteiger partial charge in [0.05, 0.1) is 59.5 Å². The van der Waals surface area contributed by atoms with Crippen LogP contribution in [0.1, 0.15) is 71.7 Å². The van der Waals surface area contributed by atoms with Crippen LogP contribution in [0, 0.1) is 32.2 Å². The molecular weight excluding hydrogens is 1460 g/mol. The summed E-state index contributed by atoms with van der Waals surface area (Å²) in [5, 5.41) is -0.665. The number of para-hydroxylation sites is 3. The predicted octanol–water partition coefficient (Wildman–Crippen LogP) is 20.6. The van der Waals surface area contributed by atoms with Crippen molar-refractivity contribution in [3.05, 3.63) is 362 Å². The molecule has 104 heavy (non-hydrogen) atoms. The van der Waals surface area contributed by atoms with Crippen LogP contribution in [-0.4, -0.2) is 26.8 Å². The molecule has 5 heterocycles. The molecule has 0 unspecified atom stereocenters. The van der Waals surface area contributed by atoms with Gasteiger partial charge in [0.25, 0.3) is 6.33 Å². The van der Waals surface area contributed by atoms with Gasteiger partial charge in [-0.15, -0.1) is 29.7 Å². The van der Waals surface area contributed by atoms with Crippen molar-refractivity contribution in [3.8, 4) is 90.0 Å². The van der Waals surface area contributed by atoms with Gasteiger partial charge in [-0.05, 0) is 172 Å². The average molecular weight is 1560 g/mol. The molecule has 0 amide bonds. The van der Waals surface area contributed by atoms with Crippen molar-refractivity contribution in [1.29, 1.82) is 0 Å². The van der Waals surface area contributed by atoms with Gasteiger partial charge >= 0.3 is 0 Å². The van der Waals surface area contributed by atoms with E-state index in [2.05, 4.69) is 39.2 Å². The van der Waals surface area contributed by atoms with E-state index in [9.17, 15) is 21.9 Å². The van der Waals surface area contributed by atoms with Crippen molar-refractivity contribution in [1.82, 2.24) is 18.7 Å². The van der Waals surface area contributed by atoms with Crippen LogP contribution in [0.3, 0.4) is 0 Å². The summed E-state index contributed by atoms with van der Waals surface area (Å²) in [4.78, 5) is 4.90. The zero-order chi connectivity index (χ0) is 90.6. The maximum absolute atomic E-state index is 11.2. The number of rotatable bonds is 11. The zero-order valence-corrected chi connectivity index (χ0v) is 58.9. The first-order valence-electron chi connectivity index (χ1n) is 45.9. The molecule has 19 rings (SSSR count). The minimum Gasteiger partial charge on any atom is -0.510 e. The quantitative estimate of drug-likeness (QED) is 0.0560. The maximum Gasteiger partial charge on any atom is 0.268 e. The molecule has 18 aromatic rings. The maximum atomic E-state index is 11.2. The Labute approximate surface area is 656 Å². The fourth-order valence-electron chi connectivity index (χ4n) is 14.9. The summed E-state index contributed by atoms with van der Waals surface area (Å²) in [6, 6.07) is 48.0. The number of aromatic nitrogens is 5. The smallest absolute Gasteiger partial charge is 0.268 e. The Hall–Kier alpha value is -12.0. The molecule has 1 aliphatic heterocycles. The van der Waals surface area contributed by atoms with E-state index in [0.717, 1.165) is 32.6 Å². The fourth-order valence-corrected chi connectivity index (χ4v) is 18.5. The first-order chi connectivity index (χ1) is 60.9. The summed E-state index contributed by atoms with van der Waals surface area (Å²) in [5.74, 6) is 1.02. The summed E-state index contributed by atoms with van der Waals surface area (Å²) in [6.07, 6.45) is 5.55. The molecule has 4 aromatic heterocycles. The molecular formula is C96H69N5OPtSi-2. The molecule has 8 heteroatoms. The summed E-state index contributed by atoms with van der Waals surface area (Å²) in [7, 11) is -6.42. The first-order valence-corrected chi connectivity index (χ1v) is 35.4. The topological polar surface area (TPSA) is 40.8 Å². The third-order valence-electron chi connectivity index (χ3n) is 19.5. The van der Waals surface area contributed by atoms with E-state index in [4.69, 9.17) is 22.1 Å². The van der Waals surface area contributed by atoms with Crippen molar-refractivity contribution in [2.24, 2.45) is 0 Å². The number of ether oxygens (including phenoxy) is 1. The second kappa shape index (κ2) is 25.5. The molecule has 0 atom stereocenters. The second-order valence-corrected chi connectivity index (χ2v) is 29.8. The number of aryl methyl sites for hydroxylation is 2. The number of imidazole rings is 1. The Bertz CT molecular complexity index is 7560. The molecule has 0 radical (unpaired) electrons. The molecule has 14 aromatic carbocycles. The van der Waals surface area contributed by atoms with Crippen LogP contribution in [0.5, 0.6) is 11.5 Å². The molecule has 0 N–H and O–H groups in total. The van der Waals surface area contributed by atoms with Gasteiger partial charge in [-0.2, -0.15) is 18.2 Å². The van der Waals surface area contributed by atoms with E-state index in [0.29, 0.717) is 61.6 Å². The van der Waals surface area contributed by atoms with Crippen molar-refractivity contribution >= 4 is 83.5 Å². The minimum absolute atomic E-state index is 0. The van der Waals surface area contributed by atoms with Crippen LogP contribution in [0.4, 0.5) is 0 Å². The fraction of sp³-hybridized carbons (Fsp3) is 0.0625. The largest absolute Gasteiger partial charge is 0.510 e. The molecule has 0 saturated heterocycles. The number of hydrogen-bond donors (Lipinski definition) is 0. The monoisotopic (exact) mass is 1560 g/mol.